The van der Waals surface area contributed by atoms with Crippen molar-refractivity contribution < 1.29 is 22.7 Å². The zero-order chi connectivity index (χ0) is 15.2. The number of nitrogens with one attached hydrogen (secondary N) is 1. The maximum Gasteiger partial charge on any atom is 0.417 e. The van der Waals surface area contributed by atoms with Crippen molar-refractivity contribution in [2.75, 3.05) is 19.0 Å². The lowest BCUT2D eigenvalue weighted by atomic mass is 10.2. The maximum atomic E-state index is 12.4. The van der Waals surface area contributed by atoms with Gasteiger partial charge in [-0.15, -0.1) is 0 Å². The molecule has 1 atom stereocenters. The van der Waals surface area contributed by atoms with Gasteiger partial charge in [-0.1, -0.05) is 15.9 Å². The molecule has 0 saturated heterocycles. The lowest BCUT2D eigenvalue weighted by Gasteiger charge is -2.16. The smallest absolute Gasteiger partial charge is 0.383 e. The summed E-state index contributed by atoms with van der Waals surface area (Å²) >= 11 is 3.25. The second-order valence-corrected chi connectivity index (χ2v) is 4.83. The van der Waals surface area contributed by atoms with E-state index < -0.39 is 17.6 Å². The number of aromatic nitrogens is 1. The molecule has 0 aliphatic carbocycles. The van der Waals surface area contributed by atoms with Crippen molar-refractivity contribution in [3.05, 3.63) is 29.6 Å². The number of hydrogen-bond acceptors (Lipinski definition) is 3. The van der Waals surface area contributed by atoms with Crippen LogP contribution in [0.4, 0.5) is 13.2 Å². The molecule has 0 radical (unpaired) electrons. The highest BCUT2D eigenvalue weighted by Crippen LogP contribution is 2.28. The van der Waals surface area contributed by atoms with Crippen LogP contribution >= 0.6 is 15.9 Å². The summed E-state index contributed by atoms with van der Waals surface area (Å²) in [5.74, 6) is -0.526. The van der Waals surface area contributed by atoms with Crippen LogP contribution < -0.4 is 5.32 Å². The van der Waals surface area contributed by atoms with E-state index in [-0.39, 0.29) is 11.7 Å². The summed E-state index contributed by atoms with van der Waals surface area (Å²) in [6, 6.07) is 1.66. The van der Waals surface area contributed by atoms with Crippen LogP contribution in [-0.4, -0.2) is 36.0 Å². The number of halogens is 4. The SMILES string of the molecule is COCC(CCBr)NC(=O)c1ccc(C(F)(F)F)cn1. The van der Waals surface area contributed by atoms with Crippen LogP contribution in [0, 0.1) is 0 Å². The summed E-state index contributed by atoms with van der Waals surface area (Å²) in [5, 5.41) is 3.32. The van der Waals surface area contributed by atoms with Gasteiger partial charge in [0.05, 0.1) is 18.2 Å². The van der Waals surface area contributed by atoms with Crippen molar-refractivity contribution in [3.8, 4) is 0 Å². The standard InChI is InChI=1S/C12H14BrF3N2O2/c1-20-7-9(4-5-13)18-11(19)10-3-2-8(6-17-10)12(14,15)16/h2-3,6,9H,4-5,7H2,1H3,(H,18,19). The molecule has 0 fully saturated rings. The molecule has 1 aromatic heterocycles. The number of amides is 1. The van der Waals surface area contributed by atoms with Crippen molar-refractivity contribution in [2.45, 2.75) is 18.6 Å². The van der Waals surface area contributed by atoms with E-state index >= 15 is 0 Å². The van der Waals surface area contributed by atoms with E-state index in [1.807, 2.05) is 0 Å². The molecule has 0 bridgehead atoms. The van der Waals surface area contributed by atoms with Gasteiger partial charge in [-0.3, -0.25) is 9.78 Å². The third-order valence-corrected chi connectivity index (χ3v) is 2.94. The number of methoxy groups -OCH3 is 1. The molecule has 1 heterocycles. The van der Waals surface area contributed by atoms with E-state index in [2.05, 4.69) is 26.2 Å². The van der Waals surface area contributed by atoms with E-state index in [1.165, 1.54) is 7.11 Å². The highest BCUT2D eigenvalue weighted by Gasteiger charge is 2.31. The summed E-state index contributed by atoms with van der Waals surface area (Å²) in [6.45, 7) is 0.317. The van der Waals surface area contributed by atoms with Gasteiger partial charge in [0, 0.05) is 18.6 Å². The molecule has 20 heavy (non-hydrogen) atoms. The van der Waals surface area contributed by atoms with Gasteiger partial charge in [0.15, 0.2) is 0 Å². The number of pyridine rings is 1. The number of ether oxygens (including phenoxy) is 1. The molecule has 4 nitrogen and oxygen atoms in total. The fraction of sp³-hybridized carbons (Fsp3) is 0.500. The predicted molar refractivity (Wildman–Crippen MR) is 70.8 cm³/mol. The average molecular weight is 355 g/mol. The zero-order valence-corrected chi connectivity index (χ0v) is 12.3. The van der Waals surface area contributed by atoms with Gasteiger partial charge < -0.3 is 10.1 Å². The third-order valence-electron chi connectivity index (χ3n) is 2.48. The Morgan fingerprint density at radius 3 is 2.65 bits per heavy atom. The molecular formula is C12H14BrF3N2O2. The van der Waals surface area contributed by atoms with Gasteiger partial charge in [-0.25, -0.2) is 0 Å². The van der Waals surface area contributed by atoms with Crippen LogP contribution in [0.25, 0.3) is 0 Å². The van der Waals surface area contributed by atoms with Crippen molar-refractivity contribution in [1.29, 1.82) is 0 Å². The van der Waals surface area contributed by atoms with Gasteiger partial charge in [-0.2, -0.15) is 13.2 Å². The van der Waals surface area contributed by atoms with E-state index in [4.69, 9.17) is 4.74 Å². The quantitative estimate of drug-likeness (QED) is 0.799. The third kappa shape index (κ3) is 5.09. The Bertz CT molecular complexity index is 431. The minimum atomic E-state index is -4.46. The summed E-state index contributed by atoms with van der Waals surface area (Å²) in [6.07, 6.45) is -3.18. The molecule has 8 heteroatoms. The predicted octanol–water partition coefficient (Wildman–Crippen LogP) is 2.63. The minimum absolute atomic E-state index is 0.0614. The van der Waals surface area contributed by atoms with Crippen LogP contribution in [0.3, 0.4) is 0 Å². The van der Waals surface area contributed by atoms with E-state index in [0.717, 1.165) is 12.1 Å². The van der Waals surface area contributed by atoms with E-state index in [9.17, 15) is 18.0 Å². The minimum Gasteiger partial charge on any atom is -0.383 e. The molecule has 0 aliphatic rings. The monoisotopic (exact) mass is 354 g/mol. The number of carbonyl (C=O) groups is 1. The Balaban J connectivity index is 2.72. The normalized spacial score (nSPS) is 13.1. The van der Waals surface area contributed by atoms with Gasteiger partial charge in [0.25, 0.3) is 5.91 Å². The second kappa shape index (κ2) is 7.58. The molecular weight excluding hydrogens is 341 g/mol. The van der Waals surface area contributed by atoms with Gasteiger partial charge in [0.2, 0.25) is 0 Å². The van der Waals surface area contributed by atoms with E-state index in [0.29, 0.717) is 24.6 Å². The molecule has 0 spiro atoms. The molecule has 0 aromatic carbocycles. The molecule has 112 valence electrons. The van der Waals surface area contributed by atoms with Crippen molar-refractivity contribution >= 4 is 21.8 Å². The summed E-state index contributed by atoms with van der Waals surface area (Å²) in [7, 11) is 1.50. The maximum absolute atomic E-state index is 12.4. The number of rotatable bonds is 6. The van der Waals surface area contributed by atoms with Crippen LogP contribution in [0.2, 0.25) is 0 Å². The van der Waals surface area contributed by atoms with Crippen LogP contribution in [-0.2, 0) is 10.9 Å². The lowest BCUT2D eigenvalue weighted by Crippen LogP contribution is -2.38. The fourth-order valence-corrected chi connectivity index (χ4v) is 2.04. The Kier molecular flexibility index (Phi) is 6.41. The molecule has 1 amide bonds. The highest BCUT2D eigenvalue weighted by atomic mass is 79.9. The van der Waals surface area contributed by atoms with Crippen molar-refractivity contribution in [3.63, 3.8) is 0 Å². The highest BCUT2D eigenvalue weighted by molar-refractivity contribution is 9.09. The molecule has 1 aromatic rings. The zero-order valence-electron chi connectivity index (χ0n) is 10.7. The van der Waals surface area contributed by atoms with Crippen molar-refractivity contribution in [1.82, 2.24) is 10.3 Å². The number of nitrogens with zero attached hydrogens (tertiary/aromatic N) is 1. The Labute approximate surface area is 122 Å². The second-order valence-electron chi connectivity index (χ2n) is 4.03. The lowest BCUT2D eigenvalue weighted by molar-refractivity contribution is -0.137. The first kappa shape index (κ1) is 16.9. The van der Waals surface area contributed by atoms with E-state index in [1.54, 1.807) is 0 Å². The first-order valence-corrected chi connectivity index (χ1v) is 6.89. The number of hydrogen-bond donors (Lipinski definition) is 1. The molecule has 0 aliphatic heterocycles. The van der Waals surface area contributed by atoms with Gasteiger partial charge in [0.1, 0.15) is 5.69 Å². The Hall–Kier alpha value is -1.15. The molecule has 0 saturated carbocycles. The van der Waals surface area contributed by atoms with Crippen LogP contribution in [0.15, 0.2) is 18.3 Å². The molecule has 1 N–H and O–H groups in total. The van der Waals surface area contributed by atoms with Gasteiger partial charge >= 0.3 is 6.18 Å². The average Bonchev–Trinajstić information content (AvgIpc) is 2.38. The Morgan fingerprint density at radius 2 is 2.20 bits per heavy atom. The first-order valence-electron chi connectivity index (χ1n) is 5.77. The summed E-state index contributed by atoms with van der Waals surface area (Å²) < 4.78 is 42.1. The van der Waals surface area contributed by atoms with Crippen LogP contribution in [0.5, 0.6) is 0 Å². The Morgan fingerprint density at radius 1 is 1.50 bits per heavy atom. The summed E-state index contributed by atoms with van der Waals surface area (Å²) in [5.41, 5.74) is -0.948. The number of carbonyl (C=O) groups excluding carboxylic acids is 1. The number of alkyl halides is 4. The summed E-state index contributed by atoms with van der Waals surface area (Å²) in [4.78, 5) is 15.4. The molecule has 1 unspecified atom stereocenters. The molecule has 1 rings (SSSR count). The van der Waals surface area contributed by atoms with Crippen molar-refractivity contribution in [2.24, 2.45) is 0 Å². The topological polar surface area (TPSA) is 51.2 Å². The van der Waals surface area contributed by atoms with Crippen LogP contribution in [0.1, 0.15) is 22.5 Å². The van der Waals surface area contributed by atoms with Gasteiger partial charge in [-0.05, 0) is 18.6 Å². The first-order chi connectivity index (χ1) is 9.38. The largest absolute Gasteiger partial charge is 0.417 e. The fourth-order valence-electron chi connectivity index (χ4n) is 1.49.